The molecule has 2 aromatic rings. The number of aryl methyl sites for hydroxylation is 3. The fourth-order valence-electron chi connectivity index (χ4n) is 1.77. The summed E-state index contributed by atoms with van der Waals surface area (Å²) in [6.45, 7) is 5.90. The van der Waals surface area contributed by atoms with Gasteiger partial charge in [-0.25, -0.2) is 0 Å². The van der Waals surface area contributed by atoms with Crippen LogP contribution in [0.4, 0.5) is 5.69 Å². The van der Waals surface area contributed by atoms with Gasteiger partial charge in [0, 0.05) is 20.5 Å². The quantitative estimate of drug-likeness (QED) is 0.857. The molecule has 0 atom stereocenters. The van der Waals surface area contributed by atoms with E-state index in [0.717, 1.165) is 26.6 Å². The molecule has 0 radical (unpaired) electrons. The summed E-state index contributed by atoms with van der Waals surface area (Å²) in [6.07, 6.45) is 0. The van der Waals surface area contributed by atoms with Gasteiger partial charge in [0.05, 0.1) is 5.56 Å². The van der Waals surface area contributed by atoms with Crippen molar-refractivity contribution < 1.29 is 4.79 Å². The SMILES string of the molecule is Cc1cc(C(=O)Nc2cc(Cl)ccc2C)c(C)s1. The van der Waals surface area contributed by atoms with Crippen molar-refractivity contribution in [3.8, 4) is 0 Å². The molecule has 1 N–H and O–H groups in total. The molecule has 0 saturated heterocycles. The zero-order valence-corrected chi connectivity index (χ0v) is 12.1. The highest BCUT2D eigenvalue weighted by molar-refractivity contribution is 7.12. The van der Waals surface area contributed by atoms with Crippen molar-refractivity contribution >= 4 is 34.5 Å². The van der Waals surface area contributed by atoms with Crippen molar-refractivity contribution in [2.24, 2.45) is 0 Å². The van der Waals surface area contributed by atoms with Crippen molar-refractivity contribution in [2.75, 3.05) is 5.32 Å². The first-order valence-electron chi connectivity index (χ1n) is 5.62. The number of rotatable bonds is 2. The maximum atomic E-state index is 12.2. The highest BCUT2D eigenvalue weighted by Gasteiger charge is 2.13. The summed E-state index contributed by atoms with van der Waals surface area (Å²) in [7, 11) is 0. The van der Waals surface area contributed by atoms with Crippen LogP contribution in [0.25, 0.3) is 0 Å². The lowest BCUT2D eigenvalue weighted by molar-refractivity contribution is 0.102. The minimum Gasteiger partial charge on any atom is -0.322 e. The molecular weight excluding hydrogens is 266 g/mol. The van der Waals surface area contributed by atoms with Gasteiger partial charge in [0.1, 0.15) is 0 Å². The number of halogens is 1. The first-order chi connectivity index (χ1) is 8.47. The Balaban J connectivity index is 2.26. The third-order valence-corrected chi connectivity index (χ3v) is 3.93. The second-order valence-electron chi connectivity index (χ2n) is 4.24. The summed E-state index contributed by atoms with van der Waals surface area (Å²) < 4.78 is 0. The molecule has 0 spiro atoms. The standard InChI is InChI=1S/C14H14ClNOS/c1-8-4-5-11(15)7-13(8)16-14(17)12-6-9(2)18-10(12)3/h4-7H,1-3H3,(H,16,17). The molecule has 1 aromatic carbocycles. The van der Waals surface area contributed by atoms with Crippen molar-refractivity contribution in [1.29, 1.82) is 0 Å². The molecule has 0 unspecified atom stereocenters. The molecule has 0 aliphatic carbocycles. The molecule has 2 rings (SSSR count). The number of carbonyl (C=O) groups excluding carboxylic acids is 1. The third-order valence-electron chi connectivity index (χ3n) is 2.73. The highest BCUT2D eigenvalue weighted by Crippen LogP contribution is 2.24. The molecule has 2 nitrogen and oxygen atoms in total. The Morgan fingerprint density at radius 1 is 1.22 bits per heavy atom. The van der Waals surface area contributed by atoms with Crippen LogP contribution in [0.5, 0.6) is 0 Å². The molecule has 18 heavy (non-hydrogen) atoms. The van der Waals surface area contributed by atoms with E-state index in [4.69, 9.17) is 11.6 Å². The Morgan fingerprint density at radius 2 is 1.94 bits per heavy atom. The third kappa shape index (κ3) is 2.74. The molecule has 94 valence electrons. The summed E-state index contributed by atoms with van der Waals surface area (Å²) in [5.74, 6) is -0.0813. The molecule has 1 amide bonds. The van der Waals surface area contributed by atoms with E-state index in [1.807, 2.05) is 39.0 Å². The number of anilines is 1. The van der Waals surface area contributed by atoms with Gasteiger partial charge < -0.3 is 5.32 Å². The first kappa shape index (κ1) is 13.1. The van der Waals surface area contributed by atoms with Crippen molar-refractivity contribution in [3.05, 3.63) is 50.2 Å². The van der Waals surface area contributed by atoms with Gasteiger partial charge in [-0.15, -0.1) is 11.3 Å². The summed E-state index contributed by atoms with van der Waals surface area (Å²) >= 11 is 7.56. The zero-order chi connectivity index (χ0) is 13.3. The molecule has 0 saturated carbocycles. The average molecular weight is 280 g/mol. The van der Waals surface area contributed by atoms with Gasteiger partial charge in [0.15, 0.2) is 0 Å². The van der Waals surface area contributed by atoms with E-state index in [0.29, 0.717) is 5.02 Å². The predicted octanol–water partition coefficient (Wildman–Crippen LogP) is 4.58. The Labute approximate surface area is 116 Å². The maximum Gasteiger partial charge on any atom is 0.256 e. The van der Waals surface area contributed by atoms with Gasteiger partial charge in [-0.1, -0.05) is 17.7 Å². The molecule has 0 fully saturated rings. The molecule has 1 heterocycles. The van der Waals surface area contributed by atoms with Crippen molar-refractivity contribution in [3.63, 3.8) is 0 Å². The fourth-order valence-corrected chi connectivity index (χ4v) is 2.87. The van der Waals surface area contributed by atoms with Gasteiger partial charge >= 0.3 is 0 Å². The predicted molar refractivity (Wildman–Crippen MR) is 77.9 cm³/mol. The monoisotopic (exact) mass is 279 g/mol. The molecule has 0 bridgehead atoms. The normalized spacial score (nSPS) is 10.4. The van der Waals surface area contributed by atoms with Crippen LogP contribution >= 0.6 is 22.9 Å². The first-order valence-corrected chi connectivity index (χ1v) is 6.81. The van der Waals surface area contributed by atoms with E-state index in [1.165, 1.54) is 0 Å². The van der Waals surface area contributed by atoms with Gasteiger partial charge in [0.2, 0.25) is 0 Å². The van der Waals surface area contributed by atoms with Crippen LogP contribution in [0.15, 0.2) is 24.3 Å². The number of carbonyl (C=O) groups is 1. The van der Waals surface area contributed by atoms with Crippen LogP contribution in [-0.4, -0.2) is 5.91 Å². The maximum absolute atomic E-state index is 12.2. The number of amides is 1. The molecule has 0 aliphatic heterocycles. The van der Waals surface area contributed by atoms with Crippen LogP contribution in [0, 0.1) is 20.8 Å². The number of benzene rings is 1. The Kier molecular flexibility index (Phi) is 3.73. The second-order valence-corrected chi connectivity index (χ2v) is 6.14. The van der Waals surface area contributed by atoms with Gasteiger partial charge in [-0.3, -0.25) is 4.79 Å². The average Bonchev–Trinajstić information content (AvgIpc) is 2.63. The van der Waals surface area contributed by atoms with Crippen LogP contribution in [-0.2, 0) is 0 Å². The van der Waals surface area contributed by atoms with Gasteiger partial charge in [0.25, 0.3) is 5.91 Å². The van der Waals surface area contributed by atoms with E-state index in [-0.39, 0.29) is 5.91 Å². The highest BCUT2D eigenvalue weighted by atomic mass is 35.5. The molecule has 4 heteroatoms. The van der Waals surface area contributed by atoms with Gasteiger partial charge in [-0.05, 0) is 44.5 Å². The van der Waals surface area contributed by atoms with Crippen molar-refractivity contribution in [1.82, 2.24) is 0 Å². The van der Waals surface area contributed by atoms with Crippen LogP contribution in [0.2, 0.25) is 5.02 Å². The second kappa shape index (κ2) is 5.12. The van der Waals surface area contributed by atoms with Crippen molar-refractivity contribution in [2.45, 2.75) is 20.8 Å². The lowest BCUT2D eigenvalue weighted by atomic mass is 10.2. The largest absolute Gasteiger partial charge is 0.322 e. The Bertz CT molecular complexity index is 604. The summed E-state index contributed by atoms with van der Waals surface area (Å²) in [4.78, 5) is 14.3. The topological polar surface area (TPSA) is 29.1 Å². The van der Waals surface area contributed by atoms with E-state index >= 15 is 0 Å². The van der Waals surface area contributed by atoms with Crippen LogP contribution in [0.1, 0.15) is 25.7 Å². The van der Waals surface area contributed by atoms with Gasteiger partial charge in [-0.2, -0.15) is 0 Å². The van der Waals surface area contributed by atoms with E-state index < -0.39 is 0 Å². The lowest BCUT2D eigenvalue weighted by Gasteiger charge is -2.08. The summed E-state index contributed by atoms with van der Waals surface area (Å²) in [6, 6.07) is 7.38. The Morgan fingerprint density at radius 3 is 2.56 bits per heavy atom. The van der Waals surface area contributed by atoms with Crippen LogP contribution < -0.4 is 5.32 Å². The smallest absolute Gasteiger partial charge is 0.256 e. The number of thiophene rings is 1. The lowest BCUT2D eigenvalue weighted by Crippen LogP contribution is -2.12. The number of nitrogens with one attached hydrogen (secondary N) is 1. The summed E-state index contributed by atoms with van der Waals surface area (Å²) in [5.41, 5.74) is 2.49. The zero-order valence-electron chi connectivity index (χ0n) is 10.5. The fraction of sp³-hybridized carbons (Fsp3) is 0.214. The molecule has 0 aliphatic rings. The molecule has 1 aromatic heterocycles. The minimum atomic E-state index is -0.0813. The number of hydrogen-bond donors (Lipinski definition) is 1. The van der Waals surface area contributed by atoms with E-state index in [2.05, 4.69) is 5.32 Å². The molecular formula is C14H14ClNOS. The van der Waals surface area contributed by atoms with Crippen LogP contribution in [0.3, 0.4) is 0 Å². The summed E-state index contributed by atoms with van der Waals surface area (Å²) in [5, 5.41) is 3.52. The van der Waals surface area contributed by atoms with E-state index in [9.17, 15) is 4.79 Å². The number of hydrogen-bond acceptors (Lipinski definition) is 2. The van der Waals surface area contributed by atoms with E-state index in [1.54, 1.807) is 17.4 Å². The Hall–Kier alpha value is -1.32. The minimum absolute atomic E-state index is 0.0813.